The summed E-state index contributed by atoms with van der Waals surface area (Å²) in [6.45, 7) is 7.30. The molecule has 0 aliphatic rings. The molecule has 0 rings (SSSR count). The van der Waals surface area contributed by atoms with Crippen LogP contribution in [0.25, 0.3) is 0 Å². The Morgan fingerprint density at radius 3 is 2.27 bits per heavy atom. The molecule has 6 heteroatoms. The van der Waals surface area contributed by atoms with E-state index in [2.05, 4.69) is 10.3 Å². The maximum absolute atomic E-state index is 11.4. The lowest BCUT2D eigenvalue weighted by molar-refractivity contribution is 0.554. The smallest absolute Gasteiger partial charge is 0.188 e. The number of nitrogens with two attached hydrogens (primary N) is 1. The van der Waals surface area contributed by atoms with Crippen LogP contribution >= 0.6 is 0 Å². The molecular formula is C9H21N3O2S. The quantitative estimate of drug-likeness (QED) is 0.535. The fourth-order valence-corrected chi connectivity index (χ4v) is 1.03. The molecule has 0 fully saturated rings. The average Bonchev–Trinajstić information content (AvgIpc) is 1.97. The van der Waals surface area contributed by atoms with Gasteiger partial charge in [0.2, 0.25) is 0 Å². The van der Waals surface area contributed by atoms with E-state index in [-0.39, 0.29) is 18.5 Å². The van der Waals surface area contributed by atoms with Crippen molar-refractivity contribution in [1.29, 1.82) is 0 Å². The highest BCUT2D eigenvalue weighted by Crippen LogP contribution is 2.14. The molecule has 15 heavy (non-hydrogen) atoms. The standard InChI is InChI=1S/C9H21N3O2S/c1-7(2)12-8(10)11-6-9(3,4)15(5,13)14/h7H,6H2,1-5H3,(H3,10,11,12). The Kier molecular flexibility index (Phi) is 4.58. The molecule has 0 spiro atoms. The van der Waals surface area contributed by atoms with Crippen LogP contribution in [0.4, 0.5) is 0 Å². The maximum Gasteiger partial charge on any atom is 0.188 e. The molecule has 0 aromatic rings. The molecule has 5 nitrogen and oxygen atoms in total. The van der Waals surface area contributed by atoms with Crippen molar-refractivity contribution in [2.45, 2.75) is 38.5 Å². The molecule has 0 radical (unpaired) electrons. The van der Waals surface area contributed by atoms with E-state index in [9.17, 15) is 8.42 Å². The Hall–Kier alpha value is -0.780. The van der Waals surface area contributed by atoms with Crippen molar-refractivity contribution in [2.24, 2.45) is 10.7 Å². The number of nitrogens with zero attached hydrogens (tertiary/aromatic N) is 1. The van der Waals surface area contributed by atoms with Gasteiger partial charge in [-0.2, -0.15) is 0 Å². The third-order valence-corrected chi connectivity index (χ3v) is 4.21. The van der Waals surface area contributed by atoms with Crippen LogP contribution in [0.2, 0.25) is 0 Å². The first kappa shape index (κ1) is 14.2. The van der Waals surface area contributed by atoms with Crippen LogP contribution in [-0.2, 0) is 9.84 Å². The topological polar surface area (TPSA) is 84.5 Å². The summed E-state index contributed by atoms with van der Waals surface area (Å²) in [6, 6.07) is 0.190. The largest absolute Gasteiger partial charge is 0.370 e. The van der Waals surface area contributed by atoms with E-state index in [1.807, 2.05) is 13.8 Å². The first-order valence-corrected chi connectivity index (χ1v) is 6.71. The summed E-state index contributed by atoms with van der Waals surface area (Å²) in [6.07, 6.45) is 1.20. The summed E-state index contributed by atoms with van der Waals surface area (Å²) in [7, 11) is -3.12. The Labute approximate surface area is 92.1 Å². The summed E-state index contributed by atoms with van der Waals surface area (Å²) in [5.74, 6) is 0.279. The highest BCUT2D eigenvalue weighted by atomic mass is 32.2. The van der Waals surface area contributed by atoms with Gasteiger partial charge in [0.25, 0.3) is 0 Å². The molecule has 0 heterocycles. The molecule has 0 saturated carbocycles. The predicted molar refractivity (Wildman–Crippen MR) is 63.7 cm³/mol. The third kappa shape index (κ3) is 5.01. The third-order valence-electron chi connectivity index (χ3n) is 2.07. The lowest BCUT2D eigenvalue weighted by atomic mass is 10.2. The lowest BCUT2D eigenvalue weighted by Gasteiger charge is -2.20. The molecule has 0 unspecified atom stereocenters. The second kappa shape index (κ2) is 4.83. The van der Waals surface area contributed by atoms with E-state index >= 15 is 0 Å². The van der Waals surface area contributed by atoms with Gasteiger partial charge < -0.3 is 11.1 Å². The molecule has 0 saturated heterocycles. The van der Waals surface area contributed by atoms with Crippen LogP contribution in [0.3, 0.4) is 0 Å². The van der Waals surface area contributed by atoms with Gasteiger partial charge in [0, 0.05) is 12.3 Å². The van der Waals surface area contributed by atoms with E-state index in [0.29, 0.717) is 0 Å². The average molecular weight is 235 g/mol. The number of sulfone groups is 1. The Morgan fingerprint density at radius 2 is 1.93 bits per heavy atom. The van der Waals surface area contributed by atoms with E-state index in [1.54, 1.807) is 13.8 Å². The van der Waals surface area contributed by atoms with Crippen LogP contribution in [-0.4, -0.2) is 38.0 Å². The fraction of sp³-hybridized carbons (Fsp3) is 0.889. The van der Waals surface area contributed by atoms with E-state index in [0.717, 1.165) is 0 Å². The molecule has 0 amide bonds. The van der Waals surface area contributed by atoms with Gasteiger partial charge in [-0.05, 0) is 27.7 Å². The zero-order valence-corrected chi connectivity index (χ0v) is 10.9. The van der Waals surface area contributed by atoms with Crippen molar-refractivity contribution >= 4 is 15.8 Å². The van der Waals surface area contributed by atoms with E-state index < -0.39 is 14.6 Å². The summed E-state index contributed by atoms with van der Waals surface area (Å²) in [5, 5.41) is 2.90. The van der Waals surface area contributed by atoms with Gasteiger partial charge >= 0.3 is 0 Å². The van der Waals surface area contributed by atoms with Gasteiger partial charge in [0.1, 0.15) is 0 Å². The number of aliphatic imine (C=N–C) groups is 1. The van der Waals surface area contributed by atoms with Crippen molar-refractivity contribution in [1.82, 2.24) is 5.32 Å². The normalized spacial score (nSPS) is 14.4. The minimum absolute atomic E-state index is 0.164. The molecule has 3 N–H and O–H groups in total. The highest BCUT2D eigenvalue weighted by Gasteiger charge is 2.29. The van der Waals surface area contributed by atoms with Gasteiger partial charge in [0.15, 0.2) is 15.8 Å². The molecule has 90 valence electrons. The van der Waals surface area contributed by atoms with E-state index in [1.165, 1.54) is 6.26 Å². The van der Waals surface area contributed by atoms with Crippen LogP contribution in [0, 0.1) is 0 Å². The number of nitrogens with one attached hydrogen (secondary N) is 1. The van der Waals surface area contributed by atoms with Crippen molar-refractivity contribution in [3.8, 4) is 0 Å². The highest BCUT2D eigenvalue weighted by molar-refractivity contribution is 7.92. The Bertz CT molecular complexity index is 331. The van der Waals surface area contributed by atoms with Crippen LogP contribution < -0.4 is 11.1 Å². The first-order valence-electron chi connectivity index (χ1n) is 4.82. The van der Waals surface area contributed by atoms with E-state index in [4.69, 9.17) is 5.73 Å². The summed E-state index contributed by atoms with van der Waals surface area (Å²) in [4.78, 5) is 4.01. The zero-order chi connectivity index (χ0) is 12.3. The van der Waals surface area contributed by atoms with Crippen LogP contribution in [0.1, 0.15) is 27.7 Å². The fourth-order valence-electron chi connectivity index (χ4n) is 0.734. The SMILES string of the molecule is CC(C)NC(N)=NCC(C)(C)S(C)(=O)=O. The van der Waals surface area contributed by atoms with Crippen molar-refractivity contribution in [2.75, 3.05) is 12.8 Å². The van der Waals surface area contributed by atoms with Crippen molar-refractivity contribution in [3.05, 3.63) is 0 Å². The zero-order valence-electron chi connectivity index (χ0n) is 10.0. The van der Waals surface area contributed by atoms with Gasteiger partial charge in [0.05, 0.1) is 11.3 Å². The lowest BCUT2D eigenvalue weighted by Crippen LogP contribution is -2.40. The minimum Gasteiger partial charge on any atom is -0.370 e. The Morgan fingerprint density at radius 1 is 1.47 bits per heavy atom. The molecule has 0 atom stereocenters. The van der Waals surface area contributed by atoms with Gasteiger partial charge in [-0.15, -0.1) is 0 Å². The number of guanidine groups is 1. The molecular weight excluding hydrogens is 214 g/mol. The van der Waals surface area contributed by atoms with Gasteiger partial charge in [-0.1, -0.05) is 0 Å². The van der Waals surface area contributed by atoms with Gasteiger partial charge in [-0.3, -0.25) is 4.99 Å². The number of hydrogen-bond acceptors (Lipinski definition) is 3. The second-order valence-corrected chi connectivity index (χ2v) is 7.18. The molecule has 0 aromatic heterocycles. The van der Waals surface area contributed by atoms with Crippen LogP contribution in [0.15, 0.2) is 4.99 Å². The van der Waals surface area contributed by atoms with Crippen molar-refractivity contribution < 1.29 is 8.42 Å². The predicted octanol–water partition coefficient (Wildman–Crippen LogP) is 0.122. The summed E-state index contributed by atoms with van der Waals surface area (Å²) >= 11 is 0. The molecule has 0 aromatic carbocycles. The summed E-state index contributed by atoms with van der Waals surface area (Å²) < 4.78 is 21.8. The van der Waals surface area contributed by atoms with Crippen LogP contribution in [0.5, 0.6) is 0 Å². The van der Waals surface area contributed by atoms with Crippen molar-refractivity contribution in [3.63, 3.8) is 0 Å². The molecule has 0 aliphatic heterocycles. The van der Waals surface area contributed by atoms with Gasteiger partial charge in [-0.25, -0.2) is 8.42 Å². The number of rotatable bonds is 4. The minimum atomic E-state index is -3.12. The maximum atomic E-state index is 11.4. The molecule has 0 bridgehead atoms. The number of hydrogen-bond donors (Lipinski definition) is 2. The summed E-state index contributed by atoms with van der Waals surface area (Å²) in [5.41, 5.74) is 5.57. The second-order valence-electron chi connectivity index (χ2n) is 4.53. The Balaban J connectivity index is 4.51. The molecule has 0 aliphatic carbocycles. The first-order chi connectivity index (χ1) is 6.56. The monoisotopic (exact) mass is 235 g/mol.